The first-order chi connectivity index (χ1) is 8.75. The minimum Gasteiger partial charge on any atom is -0.507 e. The Hall–Kier alpha value is -2.13. The first-order valence-corrected chi connectivity index (χ1v) is 6.38. The molecule has 0 radical (unpaired) electrons. The summed E-state index contributed by atoms with van der Waals surface area (Å²) in [6.45, 7) is 0. The summed E-state index contributed by atoms with van der Waals surface area (Å²) in [4.78, 5) is 12.9. The number of hydrogen-bond acceptors (Lipinski definition) is 3. The highest BCUT2D eigenvalue weighted by molar-refractivity contribution is 7.21. The van der Waals surface area contributed by atoms with Gasteiger partial charge in [0.25, 0.3) is 0 Å². The average Bonchev–Trinajstić information content (AvgIpc) is 2.82. The van der Waals surface area contributed by atoms with Crippen LogP contribution in [-0.4, -0.2) is 10.9 Å². The van der Waals surface area contributed by atoms with Gasteiger partial charge in [-0.15, -0.1) is 11.3 Å². The maximum absolute atomic E-state index is 12.3. The molecule has 2 aromatic carbocycles. The fourth-order valence-corrected chi connectivity index (χ4v) is 2.91. The van der Waals surface area contributed by atoms with Crippen molar-refractivity contribution < 1.29 is 9.90 Å². The molecule has 0 saturated carbocycles. The Morgan fingerprint density at radius 1 is 1.00 bits per heavy atom. The molecule has 18 heavy (non-hydrogen) atoms. The first kappa shape index (κ1) is 11.0. The van der Waals surface area contributed by atoms with Gasteiger partial charge >= 0.3 is 0 Å². The van der Waals surface area contributed by atoms with Crippen LogP contribution in [0.25, 0.3) is 10.1 Å². The standard InChI is InChI=1S/C15H10O2S/c16-12-7-3-2-6-11(12)15(17)14-9-10-5-1-4-8-13(10)18-14/h1-9,16H. The van der Waals surface area contributed by atoms with E-state index in [4.69, 9.17) is 0 Å². The van der Waals surface area contributed by atoms with Crippen LogP contribution in [0.1, 0.15) is 15.2 Å². The summed E-state index contributed by atoms with van der Waals surface area (Å²) in [6, 6.07) is 16.4. The number of aromatic hydroxyl groups is 1. The third-order valence-electron chi connectivity index (χ3n) is 2.80. The summed E-state index contributed by atoms with van der Waals surface area (Å²) in [5.41, 5.74) is 0.351. The van der Waals surface area contributed by atoms with Crippen molar-refractivity contribution in [2.75, 3.05) is 0 Å². The van der Waals surface area contributed by atoms with Gasteiger partial charge in [0.15, 0.2) is 0 Å². The maximum atomic E-state index is 12.3. The number of carbonyl (C=O) groups is 1. The molecule has 0 aliphatic rings. The van der Waals surface area contributed by atoms with Gasteiger partial charge in [-0.1, -0.05) is 30.3 Å². The van der Waals surface area contributed by atoms with E-state index in [2.05, 4.69) is 0 Å². The van der Waals surface area contributed by atoms with Crippen LogP contribution in [-0.2, 0) is 0 Å². The number of thiophene rings is 1. The third-order valence-corrected chi connectivity index (χ3v) is 3.91. The van der Waals surface area contributed by atoms with Crippen molar-refractivity contribution in [3.8, 4) is 5.75 Å². The smallest absolute Gasteiger partial charge is 0.206 e. The number of carbonyl (C=O) groups excluding carboxylic acids is 1. The minimum absolute atomic E-state index is 0.0277. The van der Waals surface area contributed by atoms with E-state index in [-0.39, 0.29) is 11.5 Å². The highest BCUT2D eigenvalue weighted by atomic mass is 32.1. The number of hydrogen-bond donors (Lipinski definition) is 1. The van der Waals surface area contributed by atoms with E-state index < -0.39 is 0 Å². The molecule has 0 bridgehead atoms. The molecule has 0 atom stereocenters. The zero-order valence-electron chi connectivity index (χ0n) is 9.46. The van der Waals surface area contributed by atoms with Gasteiger partial charge in [-0.05, 0) is 29.7 Å². The van der Waals surface area contributed by atoms with Gasteiger partial charge < -0.3 is 5.11 Å². The summed E-state index contributed by atoms with van der Waals surface area (Å²) in [7, 11) is 0. The number of rotatable bonds is 2. The van der Waals surface area contributed by atoms with Gasteiger partial charge in [-0.2, -0.15) is 0 Å². The zero-order valence-corrected chi connectivity index (χ0v) is 10.3. The third kappa shape index (κ3) is 1.79. The Bertz CT molecular complexity index is 695. The number of ketones is 1. The Labute approximate surface area is 108 Å². The van der Waals surface area contributed by atoms with Crippen LogP contribution in [0.2, 0.25) is 0 Å². The SMILES string of the molecule is O=C(c1cc2ccccc2s1)c1ccccc1O. The Morgan fingerprint density at radius 3 is 2.50 bits per heavy atom. The van der Waals surface area contributed by atoms with Crippen molar-refractivity contribution in [1.29, 1.82) is 0 Å². The van der Waals surface area contributed by atoms with Crippen molar-refractivity contribution in [2.45, 2.75) is 0 Å². The molecule has 0 saturated heterocycles. The van der Waals surface area contributed by atoms with E-state index in [9.17, 15) is 9.90 Å². The van der Waals surface area contributed by atoms with Crippen LogP contribution < -0.4 is 0 Å². The van der Waals surface area contributed by atoms with Crippen molar-refractivity contribution in [2.24, 2.45) is 0 Å². The van der Waals surface area contributed by atoms with Gasteiger partial charge in [0.05, 0.1) is 10.4 Å². The number of fused-ring (bicyclic) bond motifs is 1. The lowest BCUT2D eigenvalue weighted by atomic mass is 10.1. The lowest BCUT2D eigenvalue weighted by Crippen LogP contribution is -1.98. The molecule has 0 amide bonds. The summed E-state index contributed by atoms with van der Waals surface area (Å²) in [5, 5.41) is 10.8. The minimum atomic E-state index is -0.130. The van der Waals surface area contributed by atoms with Crippen molar-refractivity contribution in [3.63, 3.8) is 0 Å². The Balaban J connectivity index is 2.10. The quantitative estimate of drug-likeness (QED) is 0.705. The van der Waals surface area contributed by atoms with Crippen LogP contribution >= 0.6 is 11.3 Å². The molecule has 0 aliphatic heterocycles. The fraction of sp³-hybridized carbons (Fsp3) is 0. The van der Waals surface area contributed by atoms with E-state index in [1.165, 1.54) is 17.4 Å². The largest absolute Gasteiger partial charge is 0.507 e. The second kappa shape index (κ2) is 4.27. The molecule has 88 valence electrons. The molecule has 0 aliphatic carbocycles. The predicted octanol–water partition coefficient (Wildman–Crippen LogP) is 3.84. The summed E-state index contributed by atoms with van der Waals surface area (Å²) >= 11 is 1.45. The summed E-state index contributed by atoms with van der Waals surface area (Å²) < 4.78 is 1.08. The van der Waals surface area contributed by atoms with Gasteiger partial charge in [0, 0.05) is 4.70 Å². The Kier molecular flexibility index (Phi) is 2.61. The molecule has 3 heteroatoms. The molecule has 3 rings (SSSR count). The zero-order chi connectivity index (χ0) is 12.5. The number of phenolic OH excluding ortho intramolecular Hbond substituents is 1. The normalized spacial score (nSPS) is 10.7. The van der Waals surface area contributed by atoms with Crippen LogP contribution in [0, 0.1) is 0 Å². The van der Waals surface area contributed by atoms with Crippen molar-refractivity contribution in [3.05, 3.63) is 65.0 Å². The lowest BCUT2D eigenvalue weighted by molar-refractivity contribution is 0.104. The molecule has 1 heterocycles. The Morgan fingerprint density at radius 2 is 1.72 bits per heavy atom. The second-order valence-electron chi connectivity index (χ2n) is 3.99. The summed E-state index contributed by atoms with van der Waals surface area (Å²) in [5.74, 6) is -0.103. The van der Waals surface area contributed by atoms with Crippen LogP contribution in [0.4, 0.5) is 0 Å². The van der Waals surface area contributed by atoms with Crippen LogP contribution in [0.5, 0.6) is 5.75 Å². The molecule has 0 spiro atoms. The molecule has 3 aromatic rings. The predicted molar refractivity (Wildman–Crippen MR) is 73.4 cm³/mol. The monoisotopic (exact) mass is 254 g/mol. The number of para-hydroxylation sites is 1. The molecular formula is C15H10O2S. The summed E-state index contributed by atoms with van der Waals surface area (Å²) in [6.07, 6.45) is 0. The second-order valence-corrected chi connectivity index (χ2v) is 5.08. The molecule has 1 N–H and O–H groups in total. The maximum Gasteiger partial charge on any atom is 0.206 e. The van der Waals surface area contributed by atoms with E-state index in [1.807, 2.05) is 30.3 Å². The molecule has 0 fully saturated rings. The highest BCUT2D eigenvalue weighted by Crippen LogP contribution is 2.29. The topological polar surface area (TPSA) is 37.3 Å². The average molecular weight is 254 g/mol. The van der Waals surface area contributed by atoms with Gasteiger partial charge in [0.2, 0.25) is 5.78 Å². The number of benzene rings is 2. The van der Waals surface area contributed by atoms with E-state index in [0.717, 1.165) is 10.1 Å². The number of phenols is 1. The highest BCUT2D eigenvalue weighted by Gasteiger charge is 2.15. The molecule has 0 unspecified atom stereocenters. The lowest BCUT2D eigenvalue weighted by Gasteiger charge is -2.00. The molecule has 2 nitrogen and oxygen atoms in total. The molecular weight excluding hydrogens is 244 g/mol. The fourth-order valence-electron chi connectivity index (χ4n) is 1.89. The van der Waals surface area contributed by atoms with Crippen LogP contribution in [0.3, 0.4) is 0 Å². The van der Waals surface area contributed by atoms with Crippen molar-refractivity contribution >= 4 is 27.2 Å². The van der Waals surface area contributed by atoms with E-state index >= 15 is 0 Å². The first-order valence-electron chi connectivity index (χ1n) is 5.57. The van der Waals surface area contributed by atoms with E-state index in [1.54, 1.807) is 18.2 Å². The van der Waals surface area contributed by atoms with Crippen LogP contribution in [0.15, 0.2) is 54.6 Å². The van der Waals surface area contributed by atoms with Gasteiger partial charge in [-0.25, -0.2) is 0 Å². The van der Waals surface area contributed by atoms with Gasteiger partial charge in [0.1, 0.15) is 5.75 Å². The molecule has 1 aromatic heterocycles. The van der Waals surface area contributed by atoms with Gasteiger partial charge in [-0.3, -0.25) is 4.79 Å². The van der Waals surface area contributed by atoms with E-state index in [0.29, 0.717) is 10.4 Å². The van der Waals surface area contributed by atoms with Crippen molar-refractivity contribution in [1.82, 2.24) is 0 Å².